The monoisotopic (exact) mass is 241 g/mol. The van der Waals surface area contributed by atoms with Crippen LogP contribution in [0.3, 0.4) is 0 Å². The van der Waals surface area contributed by atoms with E-state index in [0.29, 0.717) is 6.54 Å². The third-order valence-corrected chi connectivity index (χ3v) is 2.24. The number of aromatic nitrogens is 1. The summed E-state index contributed by atoms with van der Waals surface area (Å²) in [5.74, 6) is 0. The molecule has 70 valence electrons. The van der Waals surface area contributed by atoms with Gasteiger partial charge < -0.3 is 4.57 Å². The third kappa shape index (κ3) is 2.56. The lowest BCUT2D eigenvalue weighted by Crippen LogP contribution is -2.21. The summed E-state index contributed by atoms with van der Waals surface area (Å²) >= 11 is 3.35. The highest BCUT2D eigenvalue weighted by Crippen LogP contribution is 2.08. The van der Waals surface area contributed by atoms with Gasteiger partial charge in [-0.15, -0.1) is 6.58 Å². The van der Waals surface area contributed by atoms with Gasteiger partial charge in [0.05, 0.1) is 0 Å². The molecule has 13 heavy (non-hydrogen) atoms. The van der Waals surface area contributed by atoms with Gasteiger partial charge in [-0.25, -0.2) is 0 Å². The summed E-state index contributed by atoms with van der Waals surface area (Å²) < 4.78 is 2.63. The number of halogens is 1. The van der Waals surface area contributed by atoms with Crippen LogP contribution in [-0.4, -0.2) is 4.57 Å². The van der Waals surface area contributed by atoms with E-state index in [4.69, 9.17) is 0 Å². The van der Waals surface area contributed by atoms with Gasteiger partial charge in [0.15, 0.2) is 0 Å². The number of hydrogen-bond donors (Lipinski definition) is 0. The number of aryl methyl sites for hydroxylation is 2. The van der Waals surface area contributed by atoms with Gasteiger partial charge in [-0.05, 0) is 35.3 Å². The van der Waals surface area contributed by atoms with Crippen LogP contribution in [0.4, 0.5) is 0 Å². The minimum absolute atomic E-state index is 0.0741. The minimum atomic E-state index is 0.0741. The van der Waals surface area contributed by atoms with Gasteiger partial charge in [-0.2, -0.15) is 0 Å². The molecule has 0 aliphatic heterocycles. The summed E-state index contributed by atoms with van der Waals surface area (Å²) in [4.78, 5) is 11.5. The lowest BCUT2D eigenvalue weighted by atomic mass is 10.3. The molecule has 0 aliphatic carbocycles. The number of pyridine rings is 1. The van der Waals surface area contributed by atoms with Gasteiger partial charge >= 0.3 is 0 Å². The Morgan fingerprint density at radius 1 is 1.69 bits per heavy atom. The Bertz CT molecular complexity index is 368. The highest BCUT2D eigenvalue weighted by molar-refractivity contribution is 9.10. The van der Waals surface area contributed by atoms with E-state index in [9.17, 15) is 4.79 Å². The average molecular weight is 242 g/mol. The smallest absolute Gasteiger partial charge is 0.253 e. The van der Waals surface area contributed by atoms with Crippen molar-refractivity contribution < 1.29 is 0 Å². The van der Waals surface area contributed by atoms with Crippen molar-refractivity contribution in [2.75, 3.05) is 0 Å². The summed E-state index contributed by atoms with van der Waals surface area (Å²) in [6, 6.07) is 1.83. The molecule has 0 unspecified atom stereocenters. The first kappa shape index (κ1) is 10.3. The highest BCUT2D eigenvalue weighted by Gasteiger charge is 1.99. The predicted molar refractivity (Wildman–Crippen MR) is 58.0 cm³/mol. The highest BCUT2D eigenvalue weighted by atomic mass is 79.9. The van der Waals surface area contributed by atoms with Crippen LogP contribution in [0.25, 0.3) is 0 Å². The van der Waals surface area contributed by atoms with E-state index in [-0.39, 0.29) is 5.56 Å². The van der Waals surface area contributed by atoms with Crippen LogP contribution >= 0.6 is 15.9 Å². The maximum atomic E-state index is 11.5. The maximum absolute atomic E-state index is 11.5. The van der Waals surface area contributed by atoms with Crippen molar-refractivity contribution in [1.82, 2.24) is 4.57 Å². The molecular weight excluding hydrogens is 230 g/mol. The van der Waals surface area contributed by atoms with Crippen molar-refractivity contribution >= 4 is 15.9 Å². The van der Waals surface area contributed by atoms with Crippen molar-refractivity contribution in [3.05, 3.63) is 45.3 Å². The average Bonchev–Trinajstić information content (AvgIpc) is 2.09. The van der Waals surface area contributed by atoms with Gasteiger partial charge in [-0.1, -0.05) is 6.08 Å². The minimum Gasteiger partial charge on any atom is -0.314 e. The molecule has 1 rings (SSSR count). The van der Waals surface area contributed by atoms with Gasteiger partial charge in [0.25, 0.3) is 5.56 Å². The zero-order valence-electron chi connectivity index (χ0n) is 7.59. The number of allylic oxidation sites excluding steroid dienone is 1. The number of rotatable bonds is 3. The summed E-state index contributed by atoms with van der Waals surface area (Å²) in [6.07, 6.45) is 4.43. The van der Waals surface area contributed by atoms with Crippen LogP contribution in [0.1, 0.15) is 12.0 Å². The first-order valence-corrected chi connectivity index (χ1v) is 4.92. The van der Waals surface area contributed by atoms with Crippen LogP contribution in [0.15, 0.2) is 34.2 Å². The van der Waals surface area contributed by atoms with Crippen molar-refractivity contribution in [1.29, 1.82) is 0 Å². The van der Waals surface area contributed by atoms with E-state index in [2.05, 4.69) is 22.5 Å². The van der Waals surface area contributed by atoms with Gasteiger partial charge in [0.1, 0.15) is 0 Å². The molecule has 0 bridgehead atoms. The molecule has 3 heteroatoms. The predicted octanol–water partition coefficient (Wildman–Crippen LogP) is 2.50. The van der Waals surface area contributed by atoms with Crippen LogP contribution in [0.5, 0.6) is 0 Å². The van der Waals surface area contributed by atoms with E-state index >= 15 is 0 Å². The number of nitrogens with zero attached hydrogens (tertiary/aromatic N) is 1. The maximum Gasteiger partial charge on any atom is 0.253 e. The molecule has 0 aliphatic rings. The van der Waals surface area contributed by atoms with Crippen molar-refractivity contribution in [2.45, 2.75) is 19.9 Å². The van der Waals surface area contributed by atoms with Crippen LogP contribution in [-0.2, 0) is 6.54 Å². The van der Waals surface area contributed by atoms with Gasteiger partial charge in [0, 0.05) is 22.8 Å². The lowest BCUT2D eigenvalue weighted by molar-refractivity contribution is 0.675. The van der Waals surface area contributed by atoms with Crippen molar-refractivity contribution in [3.8, 4) is 0 Å². The molecule has 0 N–H and O–H groups in total. The molecule has 2 nitrogen and oxygen atoms in total. The first-order chi connectivity index (χ1) is 6.15. The molecule has 0 atom stereocenters. The van der Waals surface area contributed by atoms with E-state index in [1.807, 2.05) is 19.1 Å². The van der Waals surface area contributed by atoms with Crippen molar-refractivity contribution in [2.24, 2.45) is 0 Å². The Balaban J connectivity index is 3.05. The Hall–Kier alpha value is -0.830. The Labute approximate surface area is 86.0 Å². The summed E-state index contributed by atoms with van der Waals surface area (Å²) in [7, 11) is 0. The molecule has 0 amide bonds. The largest absolute Gasteiger partial charge is 0.314 e. The fraction of sp³-hybridized carbons (Fsp3) is 0.300. The molecule has 0 saturated carbocycles. The molecule has 0 saturated heterocycles. The summed E-state index contributed by atoms with van der Waals surface area (Å²) in [5.41, 5.74) is 0.837. The molecule has 1 aromatic heterocycles. The fourth-order valence-corrected chi connectivity index (χ4v) is 1.73. The Morgan fingerprint density at radius 3 is 3.00 bits per heavy atom. The third-order valence-electron chi connectivity index (χ3n) is 1.81. The van der Waals surface area contributed by atoms with Crippen LogP contribution in [0, 0.1) is 6.92 Å². The first-order valence-electron chi connectivity index (χ1n) is 4.12. The van der Waals surface area contributed by atoms with E-state index in [0.717, 1.165) is 16.5 Å². The zero-order valence-corrected chi connectivity index (χ0v) is 9.17. The fourth-order valence-electron chi connectivity index (χ4n) is 1.14. The normalized spacial score (nSPS) is 10.0. The molecule has 1 aromatic rings. The molecule has 0 radical (unpaired) electrons. The Kier molecular flexibility index (Phi) is 3.48. The molecule has 1 heterocycles. The molecule has 0 fully saturated rings. The quantitative estimate of drug-likeness (QED) is 0.746. The van der Waals surface area contributed by atoms with Gasteiger partial charge in [-0.3, -0.25) is 4.79 Å². The summed E-state index contributed by atoms with van der Waals surface area (Å²) in [6.45, 7) is 6.14. The standard InChI is InChI=1S/C10H12BrNO/c1-3-4-5-12-7-9(11)6-8(2)10(12)13/h3,6-7H,1,4-5H2,2H3. The lowest BCUT2D eigenvalue weighted by Gasteiger charge is -2.05. The number of hydrogen-bond acceptors (Lipinski definition) is 1. The van der Waals surface area contributed by atoms with E-state index < -0.39 is 0 Å². The second-order valence-electron chi connectivity index (χ2n) is 2.92. The molecule has 0 spiro atoms. The molecule has 0 aromatic carbocycles. The summed E-state index contributed by atoms with van der Waals surface area (Å²) in [5, 5.41) is 0. The van der Waals surface area contributed by atoms with Gasteiger partial charge in [0.2, 0.25) is 0 Å². The van der Waals surface area contributed by atoms with Crippen LogP contribution in [0.2, 0.25) is 0 Å². The van der Waals surface area contributed by atoms with E-state index in [1.165, 1.54) is 0 Å². The van der Waals surface area contributed by atoms with Crippen molar-refractivity contribution in [3.63, 3.8) is 0 Å². The second-order valence-corrected chi connectivity index (χ2v) is 3.83. The SMILES string of the molecule is C=CCCn1cc(Br)cc(C)c1=O. The second kappa shape index (κ2) is 4.42. The van der Waals surface area contributed by atoms with E-state index in [1.54, 1.807) is 10.8 Å². The zero-order chi connectivity index (χ0) is 9.84. The topological polar surface area (TPSA) is 22.0 Å². The molecular formula is C10H12BrNO. The van der Waals surface area contributed by atoms with Crippen LogP contribution < -0.4 is 5.56 Å². The Morgan fingerprint density at radius 2 is 2.38 bits per heavy atom.